The fourth-order valence-corrected chi connectivity index (χ4v) is 5.58. The van der Waals surface area contributed by atoms with Gasteiger partial charge in [-0.1, -0.05) is 30.3 Å². The van der Waals surface area contributed by atoms with E-state index in [2.05, 4.69) is 65.1 Å². The highest BCUT2D eigenvalue weighted by Gasteiger charge is 2.18. The molecule has 0 aliphatic heterocycles. The summed E-state index contributed by atoms with van der Waals surface area (Å²) in [6.45, 7) is 0. The highest BCUT2D eigenvalue weighted by Crippen LogP contribution is 2.41. The van der Waals surface area contributed by atoms with Gasteiger partial charge >= 0.3 is 0 Å². The van der Waals surface area contributed by atoms with Crippen LogP contribution in [0.4, 0.5) is 0 Å². The van der Waals surface area contributed by atoms with Gasteiger partial charge in [0.1, 0.15) is 5.65 Å². The Balaban J connectivity index is 1.92. The highest BCUT2D eigenvalue weighted by molar-refractivity contribution is 7.26. The number of para-hydroxylation sites is 2. The average molecular weight is 375 g/mol. The second-order valence-corrected chi connectivity index (χ2v) is 8.17. The average Bonchev–Trinajstić information content (AvgIpc) is 3.32. The first-order valence-corrected chi connectivity index (χ1v) is 10.1. The lowest BCUT2D eigenvalue weighted by Crippen LogP contribution is -1.93. The normalized spacial score (nSPS) is 12.3. The molecule has 4 heterocycles. The van der Waals surface area contributed by atoms with Gasteiger partial charge in [0.25, 0.3) is 0 Å². The molecule has 130 valence electrons. The van der Waals surface area contributed by atoms with Crippen molar-refractivity contribution in [2.75, 3.05) is 0 Å². The van der Waals surface area contributed by atoms with E-state index in [9.17, 15) is 0 Å². The van der Waals surface area contributed by atoms with Gasteiger partial charge in [0.15, 0.2) is 0 Å². The maximum atomic E-state index is 4.95. The molecular formula is C24H13N3S. The molecule has 0 amide bonds. The van der Waals surface area contributed by atoms with E-state index in [0.29, 0.717) is 0 Å². The molecule has 0 fully saturated rings. The zero-order valence-electron chi connectivity index (χ0n) is 14.8. The standard InChI is InChI=1S/C24H13N3S/c1-4-10-19-14(6-1)21-20(28-19)12-11-18-22(21)23-15(7-5-13-25-23)24-26-16-8-2-3-9-17(16)27(18)24/h1-13H. The molecule has 0 saturated carbocycles. The molecule has 7 aromatic rings. The SMILES string of the molecule is c1ccc2c(c1)nc1c3cccnc3c3c4c(ccc3n21)sc1ccccc14. The summed E-state index contributed by atoms with van der Waals surface area (Å²) in [7, 11) is 0. The van der Waals surface area contributed by atoms with Crippen molar-refractivity contribution in [1.29, 1.82) is 0 Å². The van der Waals surface area contributed by atoms with E-state index in [4.69, 9.17) is 9.97 Å². The van der Waals surface area contributed by atoms with Crippen LogP contribution in [0.15, 0.2) is 79.0 Å². The maximum absolute atomic E-state index is 4.95. The molecule has 0 unspecified atom stereocenters. The van der Waals surface area contributed by atoms with Crippen molar-refractivity contribution in [3.63, 3.8) is 0 Å². The molecule has 0 N–H and O–H groups in total. The van der Waals surface area contributed by atoms with Crippen LogP contribution in [0, 0.1) is 0 Å². The Morgan fingerprint density at radius 2 is 1.54 bits per heavy atom. The lowest BCUT2D eigenvalue weighted by atomic mass is 10.0. The molecule has 4 heteroatoms. The Bertz CT molecular complexity index is 1710. The largest absolute Gasteiger partial charge is 0.292 e. The lowest BCUT2D eigenvalue weighted by molar-refractivity contribution is 1.31. The van der Waals surface area contributed by atoms with Crippen LogP contribution in [0.1, 0.15) is 0 Å². The quantitative estimate of drug-likeness (QED) is 0.281. The summed E-state index contributed by atoms with van der Waals surface area (Å²) in [6, 6.07) is 25.6. The summed E-state index contributed by atoms with van der Waals surface area (Å²) >= 11 is 1.84. The molecule has 0 saturated heterocycles. The summed E-state index contributed by atoms with van der Waals surface area (Å²) in [5, 5.41) is 4.89. The van der Waals surface area contributed by atoms with Gasteiger partial charge in [0.05, 0.1) is 22.1 Å². The smallest absolute Gasteiger partial charge is 0.147 e. The summed E-state index contributed by atoms with van der Waals surface area (Å²) < 4.78 is 4.90. The van der Waals surface area contributed by atoms with Crippen LogP contribution < -0.4 is 0 Å². The summed E-state index contributed by atoms with van der Waals surface area (Å²) in [5.74, 6) is 0. The first-order valence-electron chi connectivity index (χ1n) is 9.28. The molecule has 0 aliphatic rings. The van der Waals surface area contributed by atoms with Crippen molar-refractivity contribution in [1.82, 2.24) is 14.4 Å². The van der Waals surface area contributed by atoms with Gasteiger partial charge in [-0.25, -0.2) is 4.98 Å². The number of aromatic nitrogens is 3. The molecule has 0 radical (unpaired) electrons. The maximum Gasteiger partial charge on any atom is 0.147 e. The van der Waals surface area contributed by atoms with Crippen LogP contribution in [0.2, 0.25) is 0 Å². The molecule has 3 aromatic carbocycles. The van der Waals surface area contributed by atoms with Gasteiger partial charge in [-0.15, -0.1) is 11.3 Å². The zero-order valence-corrected chi connectivity index (χ0v) is 15.6. The predicted octanol–water partition coefficient (Wildman–Crippen LogP) is 6.56. The number of hydrogen-bond acceptors (Lipinski definition) is 3. The number of thiophene rings is 1. The Hall–Kier alpha value is -3.50. The number of fused-ring (bicyclic) bond motifs is 12. The van der Waals surface area contributed by atoms with Crippen molar-refractivity contribution in [3.8, 4) is 0 Å². The molecule has 28 heavy (non-hydrogen) atoms. The van der Waals surface area contributed by atoms with E-state index >= 15 is 0 Å². The number of nitrogens with zero attached hydrogens (tertiary/aromatic N) is 3. The van der Waals surface area contributed by atoms with Crippen LogP contribution >= 0.6 is 11.3 Å². The Labute approximate surface area is 163 Å². The van der Waals surface area contributed by atoms with Gasteiger partial charge in [-0.3, -0.25) is 9.38 Å². The third-order valence-corrected chi connectivity index (χ3v) is 6.74. The number of imidazole rings is 1. The molecular weight excluding hydrogens is 362 g/mol. The molecule has 0 atom stereocenters. The number of hydrogen-bond donors (Lipinski definition) is 0. The van der Waals surface area contributed by atoms with Crippen molar-refractivity contribution < 1.29 is 0 Å². The molecule has 7 rings (SSSR count). The van der Waals surface area contributed by atoms with Crippen LogP contribution in [-0.2, 0) is 0 Å². The van der Waals surface area contributed by atoms with Gasteiger partial charge in [0.2, 0.25) is 0 Å². The predicted molar refractivity (Wildman–Crippen MR) is 118 cm³/mol. The van der Waals surface area contributed by atoms with Crippen molar-refractivity contribution >= 4 is 70.0 Å². The highest BCUT2D eigenvalue weighted by atomic mass is 32.1. The van der Waals surface area contributed by atoms with Crippen LogP contribution in [0.25, 0.3) is 58.7 Å². The van der Waals surface area contributed by atoms with Gasteiger partial charge < -0.3 is 0 Å². The fraction of sp³-hybridized carbons (Fsp3) is 0. The molecule has 0 spiro atoms. The second kappa shape index (κ2) is 5.06. The minimum absolute atomic E-state index is 0.968. The number of benzene rings is 3. The summed E-state index contributed by atoms with van der Waals surface area (Å²) in [6.07, 6.45) is 1.88. The minimum Gasteiger partial charge on any atom is -0.292 e. The van der Waals surface area contributed by atoms with E-state index < -0.39 is 0 Å². The second-order valence-electron chi connectivity index (χ2n) is 7.09. The van der Waals surface area contributed by atoms with Crippen LogP contribution in [0.5, 0.6) is 0 Å². The van der Waals surface area contributed by atoms with E-state index in [-0.39, 0.29) is 0 Å². The summed E-state index contributed by atoms with van der Waals surface area (Å²) in [5.41, 5.74) is 5.29. The van der Waals surface area contributed by atoms with Crippen LogP contribution in [0.3, 0.4) is 0 Å². The van der Waals surface area contributed by atoms with Crippen molar-refractivity contribution in [2.45, 2.75) is 0 Å². The lowest BCUT2D eigenvalue weighted by Gasteiger charge is -2.09. The Kier molecular flexibility index (Phi) is 2.63. The van der Waals surface area contributed by atoms with E-state index in [1.54, 1.807) is 0 Å². The first kappa shape index (κ1) is 14.5. The van der Waals surface area contributed by atoms with E-state index in [1.165, 1.54) is 25.6 Å². The van der Waals surface area contributed by atoms with Crippen LogP contribution in [-0.4, -0.2) is 14.4 Å². The third-order valence-electron chi connectivity index (χ3n) is 5.61. The van der Waals surface area contributed by atoms with Gasteiger partial charge in [-0.2, -0.15) is 0 Å². The number of pyridine rings is 2. The Morgan fingerprint density at radius 3 is 2.54 bits per heavy atom. The van der Waals surface area contributed by atoms with Crippen molar-refractivity contribution in [3.05, 3.63) is 79.0 Å². The first-order chi connectivity index (χ1) is 13.9. The van der Waals surface area contributed by atoms with E-state index in [1.807, 2.05) is 29.7 Å². The fourth-order valence-electron chi connectivity index (χ4n) is 4.47. The minimum atomic E-state index is 0.968. The van der Waals surface area contributed by atoms with Gasteiger partial charge in [0, 0.05) is 37.1 Å². The molecule has 4 aromatic heterocycles. The third kappa shape index (κ3) is 1.69. The molecule has 0 bridgehead atoms. The van der Waals surface area contributed by atoms with E-state index in [0.717, 1.165) is 33.1 Å². The van der Waals surface area contributed by atoms with Gasteiger partial charge in [-0.05, 0) is 42.5 Å². The zero-order chi connectivity index (χ0) is 18.2. The molecule has 3 nitrogen and oxygen atoms in total. The summed E-state index contributed by atoms with van der Waals surface area (Å²) in [4.78, 5) is 9.77. The number of rotatable bonds is 0. The molecule has 0 aliphatic carbocycles. The van der Waals surface area contributed by atoms with Crippen molar-refractivity contribution in [2.24, 2.45) is 0 Å². The Morgan fingerprint density at radius 1 is 0.679 bits per heavy atom. The topological polar surface area (TPSA) is 30.2 Å². The monoisotopic (exact) mass is 375 g/mol.